The first-order chi connectivity index (χ1) is 18.0. The average molecular weight is 538 g/mol. The highest BCUT2D eigenvalue weighted by molar-refractivity contribution is 6.30. The van der Waals surface area contributed by atoms with Crippen LogP contribution in [-0.2, 0) is 17.6 Å². The lowest BCUT2D eigenvalue weighted by atomic mass is 9.87. The van der Waals surface area contributed by atoms with E-state index in [9.17, 15) is 19.8 Å². The van der Waals surface area contributed by atoms with Gasteiger partial charge in [-0.1, -0.05) is 35.9 Å². The third kappa shape index (κ3) is 7.05. The van der Waals surface area contributed by atoms with Gasteiger partial charge in [0.25, 0.3) is 0 Å². The number of carbonyl (C=O) groups excluding carboxylic acids is 1. The summed E-state index contributed by atoms with van der Waals surface area (Å²) in [4.78, 5) is 26.2. The minimum atomic E-state index is -1.02. The summed E-state index contributed by atoms with van der Waals surface area (Å²) >= 11 is 6.12. The number of carboxylic acids is 1. The van der Waals surface area contributed by atoms with Gasteiger partial charge in [-0.2, -0.15) is 0 Å². The number of carbonyl (C=O) groups is 2. The Balaban J connectivity index is 1.56. The molecule has 0 heterocycles. The van der Waals surface area contributed by atoms with E-state index in [4.69, 9.17) is 21.1 Å². The van der Waals surface area contributed by atoms with E-state index in [0.717, 1.165) is 24.0 Å². The first-order valence-electron chi connectivity index (χ1n) is 12.5. The Labute approximate surface area is 227 Å². The highest BCUT2D eigenvalue weighted by Gasteiger charge is 2.33. The molecule has 1 aliphatic rings. The summed E-state index contributed by atoms with van der Waals surface area (Å²) in [6, 6.07) is 18.9. The number of amides is 1. The predicted molar refractivity (Wildman–Crippen MR) is 145 cm³/mol. The molecular weight excluding hydrogens is 506 g/mol. The van der Waals surface area contributed by atoms with Gasteiger partial charge in [-0.3, -0.25) is 0 Å². The molecule has 0 saturated heterocycles. The Morgan fingerprint density at radius 2 is 1.76 bits per heavy atom. The minimum Gasteiger partial charge on any atom is -0.478 e. The van der Waals surface area contributed by atoms with Crippen molar-refractivity contribution in [3.05, 3.63) is 94.0 Å². The molecular formula is C30H32ClNO6. The van der Waals surface area contributed by atoms with Crippen molar-refractivity contribution in [3.63, 3.8) is 0 Å². The maximum Gasteiger partial charge on any atom is 0.410 e. The second-order valence-corrected chi connectivity index (χ2v) is 10.9. The molecule has 0 fully saturated rings. The number of benzene rings is 3. The molecule has 0 unspecified atom stereocenters. The van der Waals surface area contributed by atoms with Gasteiger partial charge in [0, 0.05) is 11.1 Å². The van der Waals surface area contributed by atoms with Gasteiger partial charge in [-0.15, -0.1) is 0 Å². The lowest BCUT2D eigenvalue weighted by Crippen LogP contribution is -2.47. The van der Waals surface area contributed by atoms with Crippen molar-refractivity contribution in [2.24, 2.45) is 0 Å². The molecule has 38 heavy (non-hydrogen) atoms. The number of rotatable bonds is 7. The molecule has 2 N–H and O–H groups in total. The number of hydrogen-bond acceptors (Lipinski definition) is 5. The van der Waals surface area contributed by atoms with Crippen LogP contribution < -0.4 is 4.74 Å². The summed E-state index contributed by atoms with van der Waals surface area (Å²) in [7, 11) is 0. The second kappa shape index (κ2) is 11.5. The van der Waals surface area contributed by atoms with E-state index in [0.29, 0.717) is 28.5 Å². The Kier molecular flexibility index (Phi) is 8.29. The van der Waals surface area contributed by atoms with Gasteiger partial charge >= 0.3 is 12.1 Å². The van der Waals surface area contributed by atoms with Crippen LogP contribution in [0.15, 0.2) is 66.7 Å². The molecule has 0 aliphatic heterocycles. The van der Waals surface area contributed by atoms with Crippen molar-refractivity contribution in [3.8, 4) is 11.5 Å². The fourth-order valence-corrected chi connectivity index (χ4v) is 4.77. The molecule has 0 saturated carbocycles. The number of aromatic carboxylic acids is 1. The second-order valence-electron chi connectivity index (χ2n) is 10.5. The number of carboxylic acid groups (broad SMARTS) is 1. The number of hydrogen-bond donors (Lipinski definition) is 2. The fourth-order valence-electron chi connectivity index (χ4n) is 4.57. The zero-order valence-corrected chi connectivity index (χ0v) is 22.4. The Morgan fingerprint density at radius 3 is 2.47 bits per heavy atom. The van der Waals surface area contributed by atoms with Crippen LogP contribution in [0.1, 0.15) is 60.3 Å². The van der Waals surface area contributed by atoms with E-state index in [1.165, 1.54) is 12.1 Å². The van der Waals surface area contributed by atoms with Crippen molar-refractivity contribution >= 4 is 23.7 Å². The van der Waals surface area contributed by atoms with E-state index in [2.05, 4.69) is 0 Å². The molecule has 0 radical (unpaired) electrons. The van der Waals surface area contributed by atoms with Gasteiger partial charge in [0.1, 0.15) is 17.1 Å². The summed E-state index contributed by atoms with van der Waals surface area (Å²) in [5, 5.41) is 20.8. The summed E-state index contributed by atoms with van der Waals surface area (Å²) in [5.74, 6) is -0.0158. The van der Waals surface area contributed by atoms with Gasteiger partial charge in [0.15, 0.2) is 0 Å². The smallest absolute Gasteiger partial charge is 0.410 e. The lowest BCUT2D eigenvalue weighted by molar-refractivity contribution is 0.00194. The lowest BCUT2D eigenvalue weighted by Gasteiger charge is -2.37. The van der Waals surface area contributed by atoms with Crippen molar-refractivity contribution in [1.82, 2.24) is 4.90 Å². The summed E-state index contributed by atoms with van der Waals surface area (Å²) < 4.78 is 11.7. The Bertz CT molecular complexity index is 1320. The summed E-state index contributed by atoms with van der Waals surface area (Å²) in [5.41, 5.74) is 2.27. The molecule has 4 rings (SSSR count). The van der Waals surface area contributed by atoms with Gasteiger partial charge < -0.3 is 24.6 Å². The van der Waals surface area contributed by atoms with Crippen LogP contribution in [0.2, 0.25) is 5.02 Å². The standard InChI is InChI=1S/C30H32ClNO6/c1-30(2,3)38-29(36)32(18-27(33)20-6-4-8-23(31)14-20)24-12-10-19-11-13-26(17-22(19)15-24)37-25-9-5-7-21(16-25)28(34)35/h4-9,11,13-14,16-17,24,27,33H,10,12,15,18H2,1-3H3,(H,34,35)/t24-,27+/m0/s1. The van der Waals surface area contributed by atoms with E-state index in [1.807, 2.05) is 39.0 Å². The number of aryl methyl sites for hydroxylation is 1. The maximum atomic E-state index is 13.3. The van der Waals surface area contributed by atoms with Crippen LogP contribution >= 0.6 is 11.6 Å². The van der Waals surface area contributed by atoms with Crippen LogP contribution in [0.4, 0.5) is 4.79 Å². The zero-order valence-electron chi connectivity index (χ0n) is 21.7. The molecule has 3 aromatic carbocycles. The molecule has 8 heteroatoms. The highest BCUT2D eigenvalue weighted by Crippen LogP contribution is 2.32. The molecule has 200 valence electrons. The summed E-state index contributed by atoms with van der Waals surface area (Å²) in [6.07, 6.45) is 0.614. The van der Waals surface area contributed by atoms with Crippen LogP contribution in [0.5, 0.6) is 11.5 Å². The molecule has 3 aromatic rings. The number of ether oxygens (including phenoxy) is 2. The predicted octanol–water partition coefficient (Wildman–Crippen LogP) is 6.66. The molecule has 7 nitrogen and oxygen atoms in total. The quantitative estimate of drug-likeness (QED) is 0.350. The number of fused-ring (bicyclic) bond motifs is 1. The molecule has 1 aliphatic carbocycles. The summed E-state index contributed by atoms with van der Waals surface area (Å²) in [6.45, 7) is 5.51. The van der Waals surface area contributed by atoms with Gasteiger partial charge in [0.2, 0.25) is 0 Å². The third-order valence-electron chi connectivity index (χ3n) is 6.37. The van der Waals surface area contributed by atoms with E-state index < -0.39 is 23.8 Å². The SMILES string of the molecule is CC(C)(C)OC(=O)N(C[C@@H](O)c1cccc(Cl)c1)[C@H]1CCc2ccc(Oc3cccc(C(=O)O)c3)cc2C1. The minimum absolute atomic E-state index is 0.0629. The van der Waals surface area contributed by atoms with Crippen LogP contribution in [0.25, 0.3) is 0 Å². The molecule has 0 bridgehead atoms. The highest BCUT2D eigenvalue weighted by atomic mass is 35.5. The van der Waals surface area contributed by atoms with Crippen LogP contribution in [0, 0.1) is 0 Å². The average Bonchev–Trinajstić information content (AvgIpc) is 2.85. The van der Waals surface area contributed by atoms with Crippen LogP contribution in [-0.4, -0.2) is 45.4 Å². The van der Waals surface area contributed by atoms with E-state index in [-0.39, 0.29) is 18.2 Å². The van der Waals surface area contributed by atoms with Gasteiger partial charge in [0.05, 0.1) is 18.2 Å². The van der Waals surface area contributed by atoms with Gasteiger partial charge in [-0.25, -0.2) is 9.59 Å². The maximum absolute atomic E-state index is 13.3. The number of halogens is 1. The number of aliphatic hydroxyl groups excluding tert-OH is 1. The number of aliphatic hydroxyl groups is 1. The molecule has 0 spiro atoms. The number of nitrogens with zero attached hydrogens (tertiary/aromatic N) is 1. The first-order valence-corrected chi connectivity index (χ1v) is 12.9. The third-order valence-corrected chi connectivity index (χ3v) is 6.60. The van der Waals surface area contributed by atoms with Crippen molar-refractivity contribution < 1.29 is 29.3 Å². The Hall–Kier alpha value is -3.55. The van der Waals surface area contributed by atoms with E-state index in [1.54, 1.807) is 41.3 Å². The van der Waals surface area contributed by atoms with E-state index >= 15 is 0 Å². The molecule has 2 atom stereocenters. The fraction of sp³-hybridized carbons (Fsp3) is 0.333. The molecule has 1 amide bonds. The Morgan fingerprint density at radius 1 is 1.03 bits per heavy atom. The largest absolute Gasteiger partial charge is 0.478 e. The topological polar surface area (TPSA) is 96.3 Å². The van der Waals surface area contributed by atoms with Gasteiger partial charge in [-0.05, 0) is 99.2 Å². The van der Waals surface area contributed by atoms with Crippen LogP contribution in [0.3, 0.4) is 0 Å². The monoisotopic (exact) mass is 537 g/mol. The van der Waals surface area contributed by atoms with Crippen molar-refractivity contribution in [1.29, 1.82) is 0 Å². The van der Waals surface area contributed by atoms with Crippen molar-refractivity contribution in [2.75, 3.05) is 6.54 Å². The normalized spacial score (nSPS) is 15.8. The van der Waals surface area contributed by atoms with Crippen molar-refractivity contribution in [2.45, 2.75) is 57.8 Å². The molecule has 0 aromatic heterocycles. The first kappa shape index (κ1) is 27.5. The zero-order chi connectivity index (χ0) is 27.4.